The van der Waals surface area contributed by atoms with Crippen molar-refractivity contribution in [3.63, 3.8) is 0 Å². The van der Waals surface area contributed by atoms with E-state index in [0.29, 0.717) is 23.9 Å². The Morgan fingerprint density at radius 2 is 2.11 bits per heavy atom. The predicted octanol–water partition coefficient (Wildman–Crippen LogP) is 1.90. The van der Waals surface area contributed by atoms with Gasteiger partial charge in [-0.05, 0) is 6.92 Å². The molecular weight excluding hydrogens is 250 g/mol. The second kappa shape index (κ2) is 5.63. The molecule has 0 unspecified atom stereocenters. The highest BCUT2D eigenvalue weighted by molar-refractivity contribution is 7.09. The van der Waals surface area contributed by atoms with Crippen molar-refractivity contribution in [2.45, 2.75) is 13.5 Å². The molecule has 0 aromatic carbocycles. The van der Waals surface area contributed by atoms with E-state index < -0.39 is 0 Å². The summed E-state index contributed by atoms with van der Waals surface area (Å²) in [5.74, 6) is 1.92. The molecule has 2 aromatic heterocycles. The van der Waals surface area contributed by atoms with Crippen molar-refractivity contribution >= 4 is 23.0 Å². The minimum absolute atomic E-state index is 0.605. The van der Waals surface area contributed by atoms with Crippen molar-refractivity contribution in [3.05, 3.63) is 22.4 Å². The van der Waals surface area contributed by atoms with Gasteiger partial charge in [-0.3, -0.25) is 0 Å². The maximum absolute atomic E-state index is 5.29. The zero-order valence-corrected chi connectivity index (χ0v) is 11.3. The summed E-state index contributed by atoms with van der Waals surface area (Å²) >= 11 is 1.62. The molecule has 7 heteroatoms. The number of thiazole rings is 1. The highest BCUT2D eigenvalue weighted by Crippen LogP contribution is 2.28. The van der Waals surface area contributed by atoms with Gasteiger partial charge in [0.25, 0.3) is 0 Å². The minimum Gasteiger partial charge on any atom is -0.490 e. The Morgan fingerprint density at radius 1 is 1.33 bits per heavy atom. The van der Waals surface area contributed by atoms with E-state index in [1.807, 2.05) is 12.3 Å². The normalized spacial score (nSPS) is 10.2. The van der Waals surface area contributed by atoms with Crippen molar-refractivity contribution in [1.29, 1.82) is 0 Å². The smallest absolute Gasteiger partial charge is 0.204 e. The largest absolute Gasteiger partial charge is 0.490 e. The SMILES string of the molecule is CNc1ncnc(NCc2nc(C)cs2)c1OC. The van der Waals surface area contributed by atoms with Crippen LogP contribution in [-0.2, 0) is 6.54 Å². The third-order valence-electron chi connectivity index (χ3n) is 2.32. The first-order valence-electron chi connectivity index (χ1n) is 5.46. The van der Waals surface area contributed by atoms with Gasteiger partial charge in [-0.2, -0.15) is 0 Å². The van der Waals surface area contributed by atoms with Crippen LogP contribution < -0.4 is 15.4 Å². The number of nitrogens with zero attached hydrogens (tertiary/aromatic N) is 3. The van der Waals surface area contributed by atoms with Gasteiger partial charge in [0.15, 0.2) is 11.6 Å². The lowest BCUT2D eigenvalue weighted by atomic mass is 10.4. The van der Waals surface area contributed by atoms with Gasteiger partial charge >= 0.3 is 0 Å². The molecular formula is C11H15N5OS. The molecule has 18 heavy (non-hydrogen) atoms. The van der Waals surface area contributed by atoms with E-state index in [4.69, 9.17) is 4.74 Å². The summed E-state index contributed by atoms with van der Waals surface area (Å²) in [6, 6.07) is 0. The number of rotatable bonds is 5. The third kappa shape index (κ3) is 2.67. The van der Waals surface area contributed by atoms with Crippen molar-refractivity contribution in [1.82, 2.24) is 15.0 Å². The second-order valence-electron chi connectivity index (χ2n) is 3.59. The number of hydrogen-bond donors (Lipinski definition) is 2. The maximum Gasteiger partial charge on any atom is 0.204 e. The van der Waals surface area contributed by atoms with Crippen LogP contribution in [0.25, 0.3) is 0 Å². The molecule has 0 aliphatic rings. The summed E-state index contributed by atoms with van der Waals surface area (Å²) in [6.07, 6.45) is 1.49. The number of aryl methyl sites for hydroxylation is 1. The van der Waals surface area contributed by atoms with Crippen molar-refractivity contribution in [2.75, 3.05) is 24.8 Å². The predicted molar refractivity (Wildman–Crippen MR) is 72.3 cm³/mol. The van der Waals surface area contributed by atoms with Gasteiger partial charge in [0.1, 0.15) is 11.3 Å². The molecule has 2 N–H and O–H groups in total. The quantitative estimate of drug-likeness (QED) is 0.860. The van der Waals surface area contributed by atoms with Gasteiger partial charge in [-0.1, -0.05) is 0 Å². The summed E-state index contributed by atoms with van der Waals surface area (Å²) < 4.78 is 5.29. The number of nitrogens with one attached hydrogen (secondary N) is 2. The zero-order chi connectivity index (χ0) is 13.0. The Kier molecular flexibility index (Phi) is 3.93. The number of methoxy groups -OCH3 is 1. The average molecular weight is 265 g/mol. The Hall–Kier alpha value is -1.89. The Balaban J connectivity index is 2.13. The van der Waals surface area contributed by atoms with Crippen molar-refractivity contribution in [3.8, 4) is 5.75 Å². The van der Waals surface area contributed by atoms with Gasteiger partial charge in [0.05, 0.1) is 13.7 Å². The lowest BCUT2D eigenvalue weighted by Crippen LogP contribution is -2.06. The average Bonchev–Trinajstić information content (AvgIpc) is 2.81. The van der Waals surface area contributed by atoms with Gasteiger partial charge in [0.2, 0.25) is 5.75 Å². The van der Waals surface area contributed by atoms with Crippen molar-refractivity contribution in [2.24, 2.45) is 0 Å². The van der Waals surface area contributed by atoms with Crippen molar-refractivity contribution < 1.29 is 4.74 Å². The fourth-order valence-electron chi connectivity index (χ4n) is 1.51. The molecule has 96 valence electrons. The fourth-order valence-corrected chi connectivity index (χ4v) is 2.23. The lowest BCUT2D eigenvalue weighted by molar-refractivity contribution is 0.415. The molecule has 0 aliphatic carbocycles. The van der Waals surface area contributed by atoms with Crippen LogP contribution in [0.15, 0.2) is 11.7 Å². The molecule has 6 nitrogen and oxygen atoms in total. The van der Waals surface area contributed by atoms with Crippen LogP contribution >= 0.6 is 11.3 Å². The number of hydrogen-bond acceptors (Lipinski definition) is 7. The highest BCUT2D eigenvalue weighted by atomic mass is 32.1. The summed E-state index contributed by atoms with van der Waals surface area (Å²) in [6.45, 7) is 2.60. The molecule has 0 aliphatic heterocycles. The first kappa shape index (κ1) is 12.6. The van der Waals surface area contributed by atoms with E-state index in [-0.39, 0.29) is 0 Å². The second-order valence-corrected chi connectivity index (χ2v) is 4.53. The summed E-state index contributed by atoms with van der Waals surface area (Å²) in [5, 5.41) is 9.19. The fraction of sp³-hybridized carbons (Fsp3) is 0.364. The molecule has 0 atom stereocenters. The summed E-state index contributed by atoms with van der Waals surface area (Å²) in [5.41, 5.74) is 1.03. The van der Waals surface area contributed by atoms with Gasteiger partial charge in [-0.15, -0.1) is 11.3 Å². The van der Waals surface area contributed by atoms with Crippen LogP contribution in [-0.4, -0.2) is 29.1 Å². The molecule has 0 saturated heterocycles. The topological polar surface area (TPSA) is 72.0 Å². The van der Waals surface area contributed by atoms with Crippen LogP contribution in [0.1, 0.15) is 10.7 Å². The molecule has 2 aromatic rings. The molecule has 0 radical (unpaired) electrons. The Morgan fingerprint density at radius 3 is 2.72 bits per heavy atom. The highest BCUT2D eigenvalue weighted by Gasteiger charge is 2.11. The lowest BCUT2D eigenvalue weighted by Gasteiger charge is -2.11. The molecule has 0 amide bonds. The monoisotopic (exact) mass is 265 g/mol. The van der Waals surface area contributed by atoms with Crippen LogP contribution in [0.3, 0.4) is 0 Å². The van der Waals surface area contributed by atoms with E-state index in [2.05, 4.69) is 25.6 Å². The molecule has 0 spiro atoms. The Bertz CT molecular complexity index is 528. The van der Waals surface area contributed by atoms with Crippen LogP contribution in [0, 0.1) is 6.92 Å². The summed E-state index contributed by atoms with van der Waals surface area (Å²) in [4.78, 5) is 12.6. The molecule has 0 saturated carbocycles. The van der Waals surface area contributed by atoms with E-state index in [9.17, 15) is 0 Å². The third-order valence-corrected chi connectivity index (χ3v) is 3.29. The van der Waals surface area contributed by atoms with Gasteiger partial charge in [-0.25, -0.2) is 15.0 Å². The maximum atomic E-state index is 5.29. The number of ether oxygens (including phenoxy) is 1. The van der Waals surface area contributed by atoms with Gasteiger partial charge < -0.3 is 15.4 Å². The molecule has 0 fully saturated rings. The minimum atomic E-state index is 0.605. The number of aromatic nitrogens is 3. The first-order valence-corrected chi connectivity index (χ1v) is 6.34. The Labute approximate surface area is 109 Å². The molecule has 2 rings (SSSR count). The van der Waals surface area contributed by atoms with E-state index >= 15 is 0 Å². The van der Waals surface area contributed by atoms with Crippen LogP contribution in [0.5, 0.6) is 5.75 Å². The number of anilines is 2. The van der Waals surface area contributed by atoms with E-state index in [0.717, 1.165) is 10.7 Å². The molecule has 0 bridgehead atoms. The van der Waals surface area contributed by atoms with Crippen LogP contribution in [0.4, 0.5) is 11.6 Å². The van der Waals surface area contributed by atoms with E-state index in [1.165, 1.54) is 6.33 Å². The van der Waals surface area contributed by atoms with E-state index in [1.54, 1.807) is 25.5 Å². The molecule has 2 heterocycles. The van der Waals surface area contributed by atoms with Crippen LogP contribution in [0.2, 0.25) is 0 Å². The summed E-state index contributed by atoms with van der Waals surface area (Å²) in [7, 11) is 3.39. The first-order chi connectivity index (χ1) is 8.74. The zero-order valence-electron chi connectivity index (χ0n) is 10.5. The van der Waals surface area contributed by atoms with Gasteiger partial charge in [0, 0.05) is 18.1 Å². The standard InChI is InChI=1S/C11H15N5OS/c1-7-5-18-8(16-7)4-13-11-9(17-3)10(12-2)14-6-15-11/h5-6H,4H2,1-3H3,(H2,12,13,14,15).